The summed E-state index contributed by atoms with van der Waals surface area (Å²) in [6, 6.07) is 4.33. The van der Waals surface area contributed by atoms with Crippen molar-refractivity contribution in [1.82, 2.24) is 4.90 Å². The highest BCUT2D eigenvalue weighted by molar-refractivity contribution is 5.96. The summed E-state index contributed by atoms with van der Waals surface area (Å²) in [5, 5.41) is 20.5. The van der Waals surface area contributed by atoms with Crippen molar-refractivity contribution < 1.29 is 19.6 Å². The highest BCUT2D eigenvalue weighted by Crippen LogP contribution is 2.32. The molecule has 1 aromatic carbocycles. The van der Waals surface area contributed by atoms with E-state index in [-0.39, 0.29) is 30.3 Å². The number of hydrogen-bond donors (Lipinski definition) is 1. The molecule has 8 heteroatoms. The Morgan fingerprint density at radius 3 is 2.48 bits per heavy atom. The lowest BCUT2D eigenvalue weighted by atomic mass is 9.98. The number of carbonyl (C=O) groups is 2. The number of nitrogens with zero attached hydrogens (tertiary/aromatic N) is 3. The molecule has 0 atom stereocenters. The number of nitro benzene ring substituents is 1. The molecule has 1 fully saturated rings. The summed E-state index contributed by atoms with van der Waals surface area (Å²) in [5.74, 6) is -0.780. The molecule has 1 N–H and O–H groups in total. The molecule has 148 valence electrons. The molecule has 1 aliphatic rings. The van der Waals surface area contributed by atoms with Crippen molar-refractivity contribution in [3.63, 3.8) is 0 Å². The molecule has 0 radical (unpaired) electrons. The number of hydrogen-bond acceptors (Lipinski definition) is 5. The van der Waals surface area contributed by atoms with Gasteiger partial charge >= 0.3 is 5.97 Å². The average molecular weight is 377 g/mol. The number of nitro groups is 1. The first-order chi connectivity index (χ1) is 12.7. The molecule has 0 aliphatic carbocycles. The third kappa shape index (κ3) is 5.18. The van der Waals surface area contributed by atoms with Crippen molar-refractivity contribution in [2.75, 3.05) is 24.5 Å². The van der Waals surface area contributed by atoms with Gasteiger partial charge in [0.05, 0.1) is 11.3 Å². The Morgan fingerprint density at radius 2 is 1.96 bits per heavy atom. The normalized spacial score (nSPS) is 15.0. The van der Waals surface area contributed by atoms with Crippen LogP contribution in [0.3, 0.4) is 0 Å². The van der Waals surface area contributed by atoms with Crippen LogP contribution in [-0.4, -0.2) is 52.5 Å². The quantitative estimate of drug-likeness (QED) is 0.578. The molecule has 0 unspecified atom stereocenters. The lowest BCUT2D eigenvalue weighted by Crippen LogP contribution is -2.38. The van der Waals surface area contributed by atoms with E-state index in [2.05, 4.69) is 6.92 Å². The lowest BCUT2D eigenvalue weighted by Gasteiger charge is -2.32. The highest BCUT2D eigenvalue weighted by atomic mass is 16.6. The van der Waals surface area contributed by atoms with Gasteiger partial charge in [-0.15, -0.1) is 0 Å². The Labute approximate surface area is 158 Å². The number of amides is 1. The van der Waals surface area contributed by atoms with Gasteiger partial charge in [-0.05, 0) is 44.7 Å². The van der Waals surface area contributed by atoms with E-state index in [1.807, 2.05) is 4.90 Å². The number of carboxylic acids is 1. The number of benzene rings is 1. The highest BCUT2D eigenvalue weighted by Gasteiger charge is 2.27. The Kier molecular flexibility index (Phi) is 6.76. The van der Waals surface area contributed by atoms with Crippen LogP contribution < -0.4 is 4.90 Å². The number of aliphatic carboxylic acids is 1. The molecule has 1 aromatic rings. The summed E-state index contributed by atoms with van der Waals surface area (Å²) in [6.45, 7) is 7.32. The first kappa shape index (κ1) is 20.7. The van der Waals surface area contributed by atoms with E-state index < -0.39 is 16.8 Å². The minimum Gasteiger partial charge on any atom is -0.481 e. The first-order valence-electron chi connectivity index (χ1n) is 9.26. The van der Waals surface area contributed by atoms with E-state index >= 15 is 0 Å². The third-order valence-corrected chi connectivity index (χ3v) is 4.99. The van der Waals surface area contributed by atoms with Crippen molar-refractivity contribution in [2.45, 2.75) is 46.1 Å². The maximum Gasteiger partial charge on any atom is 0.305 e. The van der Waals surface area contributed by atoms with Gasteiger partial charge in [-0.2, -0.15) is 0 Å². The monoisotopic (exact) mass is 377 g/mol. The van der Waals surface area contributed by atoms with Gasteiger partial charge < -0.3 is 14.9 Å². The molecule has 0 aromatic heterocycles. The van der Waals surface area contributed by atoms with Crippen molar-refractivity contribution in [3.8, 4) is 0 Å². The zero-order chi connectivity index (χ0) is 20.1. The lowest BCUT2D eigenvalue weighted by molar-refractivity contribution is -0.384. The smallest absolute Gasteiger partial charge is 0.305 e. The number of carboxylic acid groups (broad SMARTS) is 1. The fourth-order valence-corrected chi connectivity index (χ4v) is 3.30. The number of carbonyl (C=O) groups excluding carboxylic acids is 1. The summed E-state index contributed by atoms with van der Waals surface area (Å²) in [6.07, 6.45) is 1.79. The Balaban J connectivity index is 2.29. The van der Waals surface area contributed by atoms with Crippen LogP contribution in [0.5, 0.6) is 0 Å². The van der Waals surface area contributed by atoms with Gasteiger partial charge in [0.1, 0.15) is 5.69 Å². The van der Waals surface area contributed by atoms with E-state index in [1.54, 1.807) is 26.0 Å². The molecule has 0 saturated carbocycles. The van der Waals surface area contributed by atoms with Crippen LogP contribution in [0.1, 0.15) is 50.4 Å². The van der Waals surface area contributed by atoms with Crippen molar-refractivity contribution in [1.29, 1.82) is 0 Å². The molecular weight excluding hydrogens is 350 g/mol. The van der Waals surface area contributed by atoms with E-state index in [0.717, 1.165) is 25.9 Å². The predicted molar refractivity (Wildman–Crippen MR) is 102 cm³/mol. The average Bonchev–Trinajstić information content (AvgIpc) is 2.61. The van der Waals surface area contributed by atoms with Crippen LogP contribution >= 0.6 is 0 Å². The second-order valence-corrected chi connectivity index (χ2v) is 7.37. The van der Waals surface area contributed by atoms with Crippen LogP contribution in [0, 0.1) is 16.0 Å². The number of anilines is 1. The van der Waals surface area contributed by atoms with Gasteiger partial charge in [0.2, 0.25) is 0 Å². The van der Waals surface area contributed by atoms with Crippen molar-refractivity contribution in [3.05, 3.63) is 33.9 Å². The van der Waals surface area contributed by atoms with Crippen LogP contribution in [0.15, 0.2) is 18.2 Å². The third-order valence-electron chi connectivity index (χ3n) is 4.99. The van der Waals surface area contributed by atoms with Gasteiger partial charge in [-0.3, -0.25) is 19.7 Å². The summed E-state index contributed by atoms with van der Waals surface area (Å²) >= 11 is 0. The van der Waals surface area contributed by atoms with Crippen LogP contribution in [0.2, 0.25) is 0 Å². The Morgan fingerprint density at radius 1 is 1.33 bits per heavy atom. The zero-order valence-corrected chi connectivity index (χ0v) is 16.1. The van der Waals surface area contributed by atoms with Gasteiger partial charge in [0.15, 0.2) is 0 Å². The Hall–Kier alpha value is -2.64. The summed E-state index contributed by atoms with van der Waals surface area (Å²) < 4.78 is 0. The summed E-state index contributed by atoms with van der Waals surface area (Å²) in [7, 11) is 0. The van der Waals surface area contributed by atoms with Crippen molar-refractivity contribution in [2.24, 2.45) is 5.92 Å². The second kappa shape index (κ2) is 8.83. The SMILES string of the molecule is CC1CCN(c2ccc(C(=O)N(CCC(=O)O)C(C)C)cc2[N+](=O)[O-])CC1. The Bertz CT molecular complexity index is 711. The molecule has 0 bridgehead atoms. The van der Waals surface area contributed by atoms with Crippen molar-refractivity contribution >= 4 is 23.3 Å². The van der Waals surface area contributed by atoms with Crippen LogP contribution in [-0.2, 0) is 4.79 Å². The number of rotatable bonds is 7. The van der Waals surface area contributed by atoms with E-state index in [9.17, 15) is 19.7 Å². The van der Waals surface area contributed by atoms with Gasteiger partial charge in [-0.1, -0.05) is 6.92 Å². The molecule has 1 heterocycles. The molecule has 2 rings (SSSR count). The van der Waals surface area contributed by atoms with Gasteiger partial charge in [0.25, 0.3) is 11.6 Å². The molecular formula is C19H27N3O5. The summed E-state index contributed by atoms with van der Waals surface area (Å²) in [4.78, 5) is 38.2. The largest absolute Gasteiger partial charge is 0.481 e. The maximum atomic E-state index is 12.8. The second-order valence-electron chi connectivity index (χ2n) is 7.37. The van der Waals surface area contributed by atoms with Crippen LogP contribution in [0.4, 0.5) is 11.4 Å². The summed E-state index contributed by atoms with van der Waals surface area (Å²) in [5.41, 5.74) is 0.650. The van der Waals surface area contributed by atoms with Gasteiger partial charge in [-0.25, -0.2) is 0 Å². The molecule has 27 heavy (non-hydrogen) atoms. The fourth-order valence-electron chi connectivity index (χ4n) is 3.30. The first-order valence-corrected chi connectivity index (χ1v) is 9.26. The minimum atomic E-state index is -0.992. The predicted octanol–water partition coefficient (Wildman–Crippen LogP) is 3.16. The molecule has 0 spiro atoms. The molecule has 1 saturated heterocycles. The van der Waals surface area contributed by atoms with E-state index in [4.69, 9.17) is 5.11 Å². The van der Waals surface area contributed by atoms with Gasteiger partial charge in [0, 0.05) is 37.3 Å². The van der Waals surface area contributed by atoms with Crippen LogP contribution in [0.25, 0.3) is 0 Å². The maximum absolute atomic E-state index is 12.8. The zero-order valence-electron chi connectivity index (χ0n) is 16.1. The number of piperidine rings is 1. The minimum absolute atomic E-state index is 0.0609. The molecule has 1 aliphatic heterocycles. The van der Waals surface area contributed by atoms with E-state index in [1.165, 1.54) is 11.0 Å². The molecule has 8 nitrogen and oxygen atoms in total. The standard InChI is InChI=1S/C19H27N3O5/c1-13(2)21(11-8-18(23)24)19(25)15-4-5-16(17(12-15)22(26)27)20-9-6-14(3)7-10-20/h4-5,12-14H,6-11H2,1-3H3,(H,23,24). The topological polar surface area (TPSA) is 104 Å². The fraction of sp³-hybridized carbons (Fsp3) is 0.579. The van der Waals surface area contributed by atoms with E-state index in [0.29, 0.717) is 11.6 Å². The molecule has 1 amide bonds.